The van der Waals surface area contributed by atoms with E-state index < -0.39 is 0 Å². The third-order valence-electron chi connectivity index (χ3n) is 1.71. The molecule has 0 spiro atoms. The zero-order valence-corrected chi connectivity index (χ0v) is 9.29. The van der Waals surface area contributed by atoms with E-state index in [-0.39, 0.29) is 11.5 Å². The molecule has 78 valence electrons. The molecule has 1 rings (SSSR count). The van der Waals surface area contributed by atoms with Gasteiger partial charge in [0.25, 0.3) is 0 Å². The lowest BCUT2D eigenvalue weighted by molar-refractivity contribution is -0.116. The molecule has 0 unspecified atom stereocenters. The standard InChI is InChI=1S/C10H12O2.C2H6/c1-7-5-9(6-8(2)11)3-4-10(7)12;1-2/h3-5,12H,6H2,1-2H3;1-2H3. The minimum Gasteiger partial charge on any atom is -0.508 e. The van der Waals surface area contributed by atoms with E-state index in [0.717, 1.165) is 11.1 Å². The minimum atomic E-state index is 0.139. The molecule has 2 nitrogen and oxygen atoms in total. The molecular weight excluding hydrogens is 176 g/mol. The Hall–Kier alpha value is -1.31. The molecule has 1 aromatic rings. The van der Waals surface area contributed by atoms with Crippen molar-refractivity contribution in [3.05, 3.63) is 29.3 Å². The summed E-state index contributed by atoms with van der Waals surface area (Å²) >= 11 is 0. The Labute approximate surface area is 85.6 Å². The predicted octanol–water partition coefficient (Wildman–Crippen LogP) is 2.86. The van der Waals surface area contributed by atoms with Crippen LogP contribution in [0.4, 0.5) is 0 Å². The number of phenols is 1. The highest BCUT2D eigenvalue weighted by atomic mass is 16.3. The van der Waals surface area contributed by atoms with Gasteiger partial charge in [0.15, 0.2) is 0 Å². The van der Waals surface area contributed by atoms with Gasteiger partial charge in [0, 0.05) is 6.42 Å². The van der Waals surface area contributed by atoms with Gasteiger partial charge in [-0.2, -0.15) is 0 Å². The molecule has 0 aliphatic carbocycles. The summed E-state index contributed by atoms with van der Waals surface area (Å²) in [5.74, 6) is 0.419. The summed E-state index contributed by atoms with van der Waals surface area (Å²) in [6, 6.07) is 5.22. The van der Waals surface area contributed by atoms with E-state index in [2.05, 4.69) is 0 Å². The second-order valence-corrected chi connectivity index (χ2v) is 3.00. The van der Waals surface area contributed by atoms with Crippen molar-refractivity contribution in [2.45, 2.75) is 34.1 Å². The number of phenolic OH excluding ortho intramolecular Hbond substituents is 1. The van der Waals surface area contributed by atoms with Crippen LogP contribution < -0.4 is 0 Å². The lowest BCUT2D eigenvalue weighted by Gasteiger charge is -2.01. The minimum absolute atomic E-state index is 0.139. The first-order valence-corrected chi connectivity index (χ1v) is 4.87. The van der Waals surface area contributed by atoms with Crippen LogP contribution >= 0.6 is 0 Å². The summed E-state index contributed by atoms with van der Waals surface area (Å²) < 4.78 is 0. The fourth-order valence-electron chi connectivity index (χ4n) is 1.11. The molecule has 0 amide bonds. The molecule has 1 N–H and O–H groups in total. The van der Waals surface area contributed by atoms with Crippen molar-refractivity contribution >= 4 is 5.78 Å². The van der Waals surface area contributed by atoms with E-state index in [0.29, 0.717) is 6.42 Å². The van der Waals surface area contributed by atoms with Gasteiger partial charge in [0.2, 0.25) is 0 Å². The maximum atomic E-state index is 10.7. The predicted molar refractivity (Wildman–Crippen MR) is 58.6 cm³/mol. The van der Waals surface area contributed by atoms with Gasteiger partial charge in [-0.25, -0.2) is 0 Å². The van der Waals surface area contributed by atoms with E-state index in [1.165, 1.54) is 0 Å². The number of carbonyl (C=O) groups excluding carboxylic acids is 1. The van der Waals surface area contributed by atoms with Crippen molar-refractivity contribution in [3.8, 4) is 5.75 Å². The number of hydrogen-bond donors (Lipinski definition) is 1. The average Bonchev–Trinajstić information content (AvgIpc) is 2.14. The number of hydrogen-bond acceptors (Lipinski definition) is 2. The maximum absolute atomic E-state index is 10.7. The Bertz CT molecular complexity index is 303. The Morgan fingerprint density at radius 1 is 1.36 bits per heavy atom. The van der Waals surface area contributed by atoms with Crippen LogP contribution in [0, 0.1) is 6.92 Å². The van der Waals surface area contributed by atoms with Crippen LogP contribution in [-0.2, 0) is 11.2 Å². The fourth-order valence-corrected chi connectivity index (χ4v) is 1.11. The first-order valence-electron chi connectivity index (χ1n) is 4.87. The number of Topliss-reactive ketones (excluding diaryl/α,β-unsaturated/α-hetero) is 1. The highest BCUT2D eigenvalue weighted by Crippen LogP contribution is 2.17. The van der Waals surface area contributed by atoms with Gasteiger partial charge >= 0.3 is 0 Å². The number of aromatic hydroxyl groups is 1. The zero-order chi connectivity index (χ0) is 11.1. The summed E-state index contributed by atoms with van der Waals surface area (Å²) in [4.78, 5) is 10.7. The highest BCUT2D eigenvalue weighted by molar-refractivity contribution is 5.78. The summed E-state index contributed by atoms with van der Waals surface area (Å²) in [6.45, 7) is 7.38. The number of benzene rings is 1. The van der Waals surface area contributed by atoms with Crippen LogP contribution in [0.5, 0.6) is 5.75 Å². The van der Waals surface area contributed by atoms with E-state index in [1.807, 2.05) is 26.8 Å². The molecule has 0 atom stereocenters. The molecular formula is C12H18O2. The third-order valence-corrected chi connectivity index (χ3v) is 1.71. The van der Waals surface area contributed by atoms with E-state index >= 15 is 0 Å². The Morgan fingerprint density at radius 3 is 2.36 bits per heavy atom. The van der Waals surface area contributed by atoms with Crippen molar-refractivity contribution in [1.29, 1.82) is 0 Å². The first kappa shape index (κ1) is 12.7. The van der Waals surface area contributed by atoms with Gasteiger partial charge in [-0.1, -0.05) is 26.0 Å². The molecule has 0 fully saturated rings. The van der Waals surface area contributed by atoms with Crippen LogP contribution in [0.1, 0.15) is 31.9 Å². The van der Waals surface area contributed by atoms with Crippen LogP contribution in [0.25, 0.3) is 0 Å². The lowest BCUT2D eigenvalue weighted by atomic mass is 10.1. The van der Waals surface area contributed by atoms with Crippen molar-refractivity contribution in [1.82, 2.24) is 0 Å². The third kappa shape index (κ3) is 4.08. The molecule has 14 heavy (non-hydrogen) atoms. The van der Waals surface area contributed by atoms with Gasteiger partial charge in [0.1, 0.15) is 11.5 Å². The van der Waals surface area contributed by atoms with Gasteiger partial charge < -0.3 is 5.11 Å². The van der Waals surface area contributed by atoms with Crippen LogP contribution in [0.15, 0.2) is 18.2 Å². The normalized spacial score (nSPS) is 8.86. The number of aryl methyl sites for hydroxylation is 1. The molecule has 0 aliphatic heterocycles. The van der Waals surface area contributed by atoms with E-state index in [1.54, 1.807) is 19.1 Å². The summed E-state index contributed by atoms with van der Waals surface area (Å²) in [6.07, 6.45) is 0.446. The molecule has 0 bridgehead atoms. The van der Waals surface area contributed by atoms with Crippen molar-refractivity contribution < 1.29 is 9.90 Å². The number of rotatable bonds is 2. The van der Waals surface area contributed by atoms with Crippen LogP contribution in [-0.4, -0.2) is 10.9 Å². The van der Waals surface area contributed by atoms with Gasteiger partial charge in [-0.05, 0) is 31.0 Å². The second-order valence-electron chi connectivity index (χ2n) is 3.00. The van der Waals surface area contributed by atoms with Crippen molar-refractivity contribution in [2.75, 3.05) is 0 Å². The Morgan fingerprint density at radius 2 is 1.93 bits per heavy atom. The van der Waals surface area contributed by atoms with Crippen molar-refractivity contribution in [3.63, 3.8) is 0 Å². The molecule has 0 radical (unpaired) electrons. The fraction of sp³-hybridized carbons (Fsp3) is 0.417. The van der Waals surface area contributed by atoms with Gasteiger partial charge in [-0.3, -0.25) is 4.79 Å². The molecule has 1 aromatic carbocycles. The average molecular weight is 194 g/mol. The first-order chi connectivity index (χ1) is 6.59. The van der Waals surface area contributed by atoms with E-state index in [9.17, 15) is 9.90 Å². The number of carbonyl (C=O) groups is 1. The summed E-state index contributed by atoms with van der Waals surface area (Å²) in [5.41, 5.74) is 1.77. The quantitative estimate of drug-likeness (QED) is 0.786. The van der Waals surface area contributed by atoms with Crippen LogP contribution in [0.3, 0.4) is 0 Å². The smallest absolute Gasteiger partial charge is 0.134 e. The Balaban J connectivity index is 0.000000791. The number of ketones is 1. The van der Waals surface area contributed by atoms with Crippen LogP contribution in [0.2, 0.25) is 0 Å². The monoisotopic (exact) mass is 194 g/mol. The van der Waals surface area contributed by atoms with Crippen molar-refractivity contribution in [2.24, 2.45) is 0 Å². The molecule has 0 saturated carbocycles. The second kappa shape index (κ2) is 6.19. The Kier molecular flexibility index (Phi) is 5.61. The van der Waals surface area contributed by atoms with E-state index in [4.69, 9.17) is 0 Å². The summed E-state index contributed by atoms with van der Waals surface area (Å²) in [5, 5.41) is 9.19. The lowest BCUT2D eigenvalue weighted by Crippen LogP contribution is -1.96. The molecule has 0 aromatic heterocycles. The molecule has 0 saturated heterocycles. The summed E-state index contributed by atoms with van der Waals surface area (Å²) in [7, 11) is 0. The largest absolute Gasteiger partial charge is 0.508 e. The van der Waals surface area contributed by atoms with Gasteiger partial charge in [0.05, 0.1) is 0 Å². The SMILES string of the molecule is CC.CC(=O)Cc1ccc(O)c(C)c1. The van der Waals surface area contributed by atoms with Gasteiger partial charge in [-0.15, -0.1) is 0 Å². The molecule has 2 heteroatoms. The molecule has 0 heterocycles. The highest BCUT2D eigenvalue weighted by Gasteiger charge is 2.00. The maximum Gasteiger partial charge on any atom is 0.134 e. The molecule has 0 aliphatic rings. The zero-order valence-electron chi connectivity index (χ0n) is 9.29. The topological polar surface area (TPSA) is 37.3 Å².